The Hall–Kier alpha value is -3.82. The van der Waals surface area contributed by atoms with Gasteiger partial charge in [-0.2, -0.15) is 5.10 Å². The van der Waals surface area contributed by atoms with E-state index in [4.69, 9.17) is 5.11 Å². The summed E-state index contributed by atoms with van der Waals surface area (Å²) in [6.07, 6.45) is 0. The van der Waals surface area contributed by atoms with Gasteiger partial charge in [-0.25, -0.2) is 4.98 Å². The standard InChI is InChI=1S/C24H23N5O3S/c1-16-21(33-24(26-16)27-22(31)18-10-6-3-7-11-18)20-14-19(23(32)25-12-13-30)28-29(20)15-17-8-4-2-5-9-17/h2-11,14,30H,12-13,15H2,1H3,(H,25,32)(H,26,27,31). The first kappa shape index (κ1) is 22.4. The molecule has 2 aromatic heterocycles. The van der Waals surface area contributed by atoms with Gasteiger partial charge in [0.1, 0.15) is 0 Å². The number of carbonyl (C=O) groups excluding carboxylic acids is 2. The van der Waals surface area contributed by atoms with Crippen molar-refractivity contribution < 1.29 is 14.7 Å². The molecule has 0 aliphatic carbocycles. The molecule has 0 saturated heterocycles. The molecule has 3 N–H and O–H groups in total. The molecule has 4 rings (SSSR count). The van der Waals surface area contributed by atoms with Crippen LogP contribution in [0.1, 0.15) is 32.1 Å². The highest BCUT2D eigenvalue weighted by atomic mass is 32.1. The second-order valence-electron chi connectivity index (χ2n) is 7.29. The zero-order valence-electron chi connectivity index (χ0n) is 18.0. The molecular weight excluding hydrogens is 438 g/mol. The molecule has 0 spiro atoms. The van der Waals surface area contributed by atoms with E-state index in [0.29, 0.717) is 17.2 Å². The summed E-state index contributed by atoms with van der Waals surface area (Å²) in [5.41, 5.74) is 3.27. The van der Waals surface area contributed by atoms with Gasteiger partial charge in [-0.1, -0.05) is 59.9 Å². The summed E-state index contributed by atoms with van der Waals surface area (Å²) in [6, 6.07) is 20.5. The molecule has 2 aromatic carbocycles. The first-order chi connectivity index (χ1) is 16.0. The number of rotatable bonds is 8. The minimum absolute atomic E-state index is 0.148. The third-order valence-corrected chi connectivity index (χ3v) is 5.97. The minimum Gasteiger partial charge on any atom is -0.395 e. The number of aliphatic hydroxyl groups is 1. The molecule has 0 unspecified atom stereocenters. The second kappa shape index (κ2) is 10.2. The molecule has 0 fully saturated rings. The molecule has 0 saturated carbocycles. The monoisotopic (exact) mass is 461 g/mol. The van der Waals surface area contributed by atoms with Gasteiger partial charge in [0.2, 0.25) is 0 Å². The fourth-order valence-electron chi connectivity index (χ4n) is 3.29. The van der Waals surface area contributed by atoms with E-state index < -0.39 is 0 Å². The van der Waals surface area contributed by atoms with Crippen LogP contribution in [0.5, 0.6) is 0 Å². The number of aliphatic hydroxyl groups excluding tert-OH is 1. The number of amides is 2. The predicted molar refractivity (Wildman–Crippen MR) is 127 cm³/mol. The highest BCUT2D eigenvalue weighted by Crippen LogP contribution is 2.34. The summed E-state index contributed by atoms with van der Waals surface area (Å²) in [6.45, 7) is 2.32. The molecular formula is C24H23N5O3S. The highest BCUT2D eigenvalue weighted by Gasteiger charge is 2.20. The summed E-state index contributed by atoms with van der Waals surface area (Å²) in [5.74, 6) is -0.602. The number of anilines is 1. The van der Waals surface area contributed by atoms with E-state index in [9.17, 15) is 9.59 Å². The summed E-state index contributed by atoms with van der Waals surface area (Å²) in [7, 11) is 0. The minimum atomic E-state index is -0.364. The van der Waals surface area contributed by atoms with E-state index in [-0.39, 0.29) is 30.7 Å². The molecule has 0 aliphatic heterocycles. The van der Waals surface area contributed by atoms with E-state index in [0.717, 1.165) is 21.8 Å². The van der Waals surface area contributed by atoms with Crippen molar-refractivity contribution in [3.63, 3.8) is 0 Å². The van der Waals surface area contributed by atoms with E-state index >= 15 is 0 Å². The van der Waals surface area contributed by atoms with E-state index in [1.165, 1.54) is 11.3 Å². The average molecular weight is 462 g/mol. The van der Waals surface area contributed by atoms with Gasteiger partial charge in [-0.3, -0.25) is 19.6 Å². The lowest BCUT2D eigenvalue weighted by molar-refractivity contribution is 0.0938. The molecule has 0 aliphatic rings. The van der Waals surface area contributed by atoms with Crippen LogP contribution >= 0.6 is 11.3 Å². The molecule has 0 bridgehead atoms. The molecule has 168 valence electrons. The van der Waals surface area contributed by atoms with Crippen molar-refractivity contribution in [3.8, 4) is 10.6 Å². The average Bonchev–Trinajstić information content (AvgIpc) is 3.41. The van der Waals surface area contributed by atoms with Crippen LogP contribution in [0.15, 0.2) is 66.7 Å². The second-order valence-corrected chi connectivity index (χ2v) is 8.29. The Kier molecular flexibility index (Phi) is 6.92. The molecule has 0 radical (unpaired) electrons. The van der Waals surface area contributed by atoms with Crippen molar-refractivity contribution in [2.75, 3.05) is 18.5 Å². The Morgan fingerprint density at radius 2 is 1.73 bits per heavy atom. The number of benzene rings is 2. The molecule has 9 heteroatoms. The van der Waals surface area contributed by atoms with Gasteiger partial charge < -0.3 is 10.4 Å². The van der Waals surface area contributed by atoms with E-state index in [2.05, 4.69) is 20.7 Å². The van der Waals surface area contributed by atoms with Gasteiger partial charge in [0.15, 0.2) is 10.8 Å². The maximum absolute atomic E-state index is 12.5. The lowest BCUT2D eigenvalue weighted by atomic mass is 10.2. The quantitative estimate of drug-likeness (QED) is 0.373. The van der Waals surface area contributed by atoms with Gasteiger partial charge in [0.25, 0.3) is 11.8 Å². The maximum atomic E-state index is 12.5. The fraction of sp³-hybridized carbons (Fsp3) is 0.167. The van der Waals surface area contributed by atoms with Crippen molar-refractivity contribution in [1.82, 2.24) is 20.1 Å². The first-order valence-corrected chi connectivity index (χ1v) is 11.2. The van der Waals surface area contributed by atoms with Crippen molar-refractivity contribution in [1.29, 1.82) is 0 Å². The summed E-state index contributed by atoms with van der Waals surface area (Å²) in [4.78, 5) is 30.3. The highest BCUT2D eigenvalue weighted by molar-refractivity contribution is 7.19. The van der Waals surface area contributed by atoms with Crippen LogP contribution in [0.4, 0.5) is 5.13 Å². The van der Waals surface area contributed by atoms with Gasteiger partial charge >= 0.3 is 0 Å². The Labute approximate surface area is 194 Å². The van der Waals surface area contributed by atoms with Gasteiger partial charge in [0, 0.05) is 12.1 Å². The van der Waals surface area contributed by atoms with Gasteiger partial charge in [-0.15, -0.1) is 0 Å². The molecule has 33 heavy (non-hydrogen) atoms. The summed E-state index contributed by atoms with van der Waals surface area (Å²) in [5, 5.41) is 19.5. The van der Waals surface area contributed by atoms with Gasteiger partial charge in [0.05, 0.1) is 29.4 Å². The number of nitrogens with one attached hydrogen (secondary N) is 2. The smallest absolute Gasteiger partial charge is 0.271 e. The van der Waals surface area contributed by atoms with Crippen LogP contribution < -0.4 is 10.6 Å². The number of hydrogen-bond donors (Lipinski definition) is 3. The van der Waals surface area contributed by atoms with Crippen molar-refractivity contribution in [2.45, 2.75) is 13.5 Å². The molecule has 0 atom stereocenters. The maximum Gasteiger partial charge on any atom is 0.271 e. The predicted octanol–water partition coefficient (Wildman–Crippen LogP) is 3.34. The largest absolute Gasteiger partial charge is 0.395 e. The fourth-order valence-corrected chi connectivity index (χ4v) is 4.28. The molecule has 2 heterocycles. The zero-order valence-corrected chi connectivity index (χ0v) is 18.8. The van der Waals surface area contributed by atoms with Crippen LogP contribution in [0, 0.1) is 6.92 Å². The van der Waals surface area contributed by atoms with Crippen molar-refractivity contribution in [3.05, 3.63) is 89.2 Å². The Morgan fingerprint density at radius 3 is 2.42 bits per heavy atom. The first-order valence-electron chi connectivity index (χ1n) is 10.4. The third kappa shape index (κ3) is 5.33. The van der Waals surface area contributed by atoms with E-state index in [1.807, 2.05) is 43.3 Å². The van der Waals surface area contributed by atoms with Crippen LogP contribution in [0.3, 0.4) is 0 Å². The summed E-state index contributed by atoms with van der Waals surface area (Å²) < 4.78 is 1.76. The third-order valence-electron chi connectivity index (χ3n) is 4.87. The van der Waals surface area contributed by atoms with Crippen molar-refractivity contribution in [2.24, 2.45) is 0 Å². The number of aromatic nitrogens is 3. The number of thiazole rings is 1. The van der Waals surface area contributed by atoms with Crippen LogP contribution in [-0.4, -0.2) is 44.8 Å². The molecule has 4 aromatic rings. The number of aryl methyl sites for hydroxylation is 1. The van der Waals surface area contributed by atoms with Crippen LogP contribution in [-0.2, 0) is 6.54 Å². The molecule has 8 nitrogen and oxygen atoms in total. The topological polar surface area (TPSA) is 109 Å². The van der Waals surface area contributed by atoms with Crippen LogP contribution in [0.25, 0.3) is 10.6 Å². The zero-order chi connectivity index (χ0) is 23.2. The van der Waals surface area contributed by atoms with Gasteiger partial charge in [-0.05, 0) is 30.7 Å². The Balaban J connectivity index is 1.66. The lowest BCUT2D eigenvalue weighted by Gasteiger charge is -2.06. The summed E-state index contributed by atoms with van der Waals surface area (Å²) >= 11 is 1.33. The lowest BCUT2D eigenvalue weighted by Crippen LogP contribution is -2.26. The van der Waals surface area contributed by atoms with Crippen LogP contribution in [0.2, 0.25) is 0 Å². The van der Waals surface area contributed by atoms with Crippen molar-refractivity contribution >= 4 is 28.3 Å². The number of carbonyl (C=O) groups is 2. The van der Waals surface area contributed by atoms with E-state index in [1.54, 1.807) is 35.0 Å². The Bertz CT molecular complexity index is 1250. The number of hydrogen-bond acceptors (Lipinski definition) is 6. The number of nitrogens with zero attached hydrogens (tertiary/aromatic N) is 3. The SMILES string of the molecule is Cc1nc(NC(=O)c2ccccc2)sc1-c1cc(C(=O)NCCO)nn1Cc1ccccc1. The molecule has 2 amide bonds. The normalized spacial score (nSPS) is 10.7. The Morgan fingerprint density at radius 1 is 1.03 bits per heavy atom.